The number of likely N-dealkylation sites (tertiary alicyclic amines) is 1. The maximum Gasteiger partial charge on any atom is 0.257 e. The molecule has 1 aromatic heterocycles. The molecule has 5 nitrogen and oxygen atoms in total. The van der Waals surface area contributed by atoms with Crippen LogP contribution in [0, 0.1) is 0 Å². The Bertz CT molecular complexity index is 712. The van der Waals surface area contributed by atoms with Crippen LogP contribution in [0.25, 0.3) is 0 Å². The van der Waals surface area contributed by atoms with Crippen LogP contribution in [-0.2, 0) is 17.9 Å². The Morgan fingerprint density at radius 1 is 1.16 bits per heavy atom. The zero-order valence-corrected chi connectivity index (χ0v) is 14.7. The van der Waals surface area contributed by atoms with Crippen molar-refractivity contribution in [2.45, 2.75) is 32.4 Å². The zero-order chi connectivity index (χ0) is 17.5. The molecule has 0 radical (unpaired) electrons. The van der Waals surface area contributed by atoms with E-state index in [0.29, 0.717) is 24.5 Å². The molecule has 0 unspecified atom stereocenters. The average Bonchev–Trinajstić information content (AvgIpc) is 2.67. The Morgan fingerprint density at radius 2 is 1.96 bits per heavy atom. The third-order valence-electron chi connectivity index (χ3n) is 4.44. The molecule has 1 aromatic carbocycles. The lowest BCUT2D eigenvalue weighted by Crippen LogP contribution is -2.36. The number of ether oxygens (including phenoxy) is 1. The van der Waals surface area contributed by atoms with E-state index in [1.807, 2.05) is 29.2 Å². The van der Waals surface area contributed by atoms with Crippen LogP contribution in [0.1, 0.15) is 40.7 Å². The van der Waals surface area contributed by atoms with Gasteiger partial charge in [-0.2, -0.15) is 0 Å². The molecule has 1 N–H and O–H groups in total. The highest BCUT2D eigenvalue weighted by atomic mass is 16.5. The first kappa shape index (κ1) is 17.4. The van der Waals surface area contributed by atoms with E-state index >= 15 is 0 Å². The molecule has 0 atom stereocenters. The number of carbonyl (C=O) groups excluding carboxylic acids is 1. The van der Waals surface area contributed by atoms with Gasteiger partial charge in [0.25, 0.3) is 5.91 Å². The minimum atomic E-state index is 0.0726. The maximum absolute atomic E-state index is 12.8. The molecular weight excluding hydrogens is 314 g/mol. The van der Waals surface area contributed by atoms with Gasteiger partial charge in [-0.05, 0) is 42.5 Å². The topological polar surface area (TPSA) is 54.5 Å². The summed E-state index contributed by atoms with van der Waals surface area (Å²) in [6.07, 6.45) is 5.10. The van der Waals surface area contributed by atoms with Crippen molar-refractivity contribution < 1.29 is 9.53 Å². The molecule has 0 saturated carbocycles. The minimum absolute atomic E-state index is 0.0726. The molecule has 2 heterocycles. The number of methoxy groups -OCH3 is 1. The van der Waals surface area contributed by atoms with E-state index in [4.69, 9.17) is 4.74 Å². The van der Waals surface area contributed by atoms with Crippen molar-refractivity contribution >= 4 is 11.7 Å². The Balaban J connectivity index is 1.70. The van der Waals surface area contributed by atoms with Crippen molar-refractivity contribution in [1.82, 2.24) is 9.88 Å². The largest absolute Gasteiger partial charge is 0.380 e. The second-order valence-corrected chi connectivity index (χ2v) is 6.36. The van der Waals surface area contributed by atoms with Gasteiger partial charge in [0.2, 0.25) is 0 Å². The molecule has 5 heteroatoms. The Kier molecular flexibility index (Phi) is 6.01. The lowest BCUT2D eigenvalue weighted by atomic mass is 10.1. The number of hydrogen-bond acceptors (Lipinski definition) is 4. The third kappa shape index (κ3) is 4.57. The second-order valence-electron chi connectivity index (χ2n) is 6.36. The fourth-order valence-corrected chi connectivity index (χ4v) is 3.17. The molecule has 3 rings (SSSR count). The fourth-order valence-electron chi connectivity index (χ4n) is 3.17. The fraction of sp³-hybridized carbons (Fsp3) is 0.400. The second kappa shape index (κ2) is 8.62. The first-order chi connectivity index (χ1) is 12.3. The lowest BCUT2D eigenvalue weighted by molar-refractivity contribution is 0.0725. The molecule has 1 amide bonds. The van der Waals surface area contributed by atoms with Crippen molar-refractivity contribution in [3.8, 4) is 0 Å². The number of nitrogens with zero attached hydrogens (tertiary/aromatic N) is 2. The zero-order valence-electron chi connectivity index (χ0n) is 14.7. The molecule has 1 aliphatic rings. The summed E-state index contributed by atoms with van der Waals surface area (Å²) >= 11 is 0. The summed E-state index contributed by atoms with van der Waals surface area (Å²) < 4.78 is 5.18. The van der Waals surface area contributed by atoms with Crippen molar-refractivity contribution in [2.24, 2.45) is 0 Å². The SMILES string of the molecule is COCc1cccc(CNc2ncccc2C(=O)N2CCCCC2)c1. The third-order valence-corrected chi connectivity index (χ3v) is 4.44. The maximum atomic E-state index is 12.8. The van der Waals surface area contributed by atoms with Gasteiger partial charge in [-0.15, -0.1) is 0 Å². The van der Waals surface area contributed by atoms with Gasteiger partial charge in [0.05, 0.1) is 12.2 Å². The molecule has 1 saturated heterocycles. The number of rotatable bonds is 6. The molecule has 132 valence electrons. The van der Waals surface area contributed by atoms with Gasteiger partial charge in [-0.25, -0.2) is 4.98 Å². The molecule has 0 aliphatic carbocycles. The van der Waals surface area contributed by atoms with Crippen LogP contribution in [0.5, 0.6) is 0 Å². The molecule has 2 aromatic rings. The van der Waals surface area contributed by atoms with E-state index in [1.54, 1.807) is 13.3 Å². The van der Waals surface area contributed by atoms with E-state index in [1.165, 1.54) is 6.42 Å². The van der Waals surface area contributed by atoms with Crippen LogP contribution in [0.15, 0.2) is 42.6 Å². The van der Waals surface area contributed by atoms with Gasteiger partial charge in [0.15, 0.2) is 0 Å². The van der Waals surface area contributed by atoms with Gasteiger partial charge in [0.1, 0.15) is 5.82 Å². The van der Waals surface area contributed by atoms with Crippen molar-refractivity contribution in [1.29, 1.82) is 0 Å². The van der Waals surface area contributed by atoms with Gasteiger partial charge >= 0.3 is 0 Å². The van der Waals surface area contributed by atoms with Crippen molar-refractivity contribution in [2.75, 3.05) is 25.5 Å². The summed E-state index contributed by atoms with van der Waals surface area (Å²) in [4.78, 5) is 19.1. The number of nitrogens with one attached hydrogen (secondary N) is 1. The molecule has 0 bridgehead atoms. The molecular formula is C20H25N3O2. The number of aromatic nitrogens is 1. The highest BCUT2D eigenvalue weighted by molar-refractivity contribution is 5.98. The van der Waals surface area contributed by atoms with Crippen LogP contribution < -0.4 is 5.32 Å². The van der Waals surface area contributed by atoms with Crippen LogP contribution in [0.3, 0.4) is 0 Å². The van der Waals surface area contributed by atoms with E-state index < -0.39 is 0 Å². The first-order valence-corrected chi connectivity index (χ1v) is 8.83. The number of benzene rings is 1. The first-order valence-electron chi connectivity index (χ1n) is 8.83. The summed E-state index contributed by atoms with van der Waals surface area (Å²) in [5.41, 5.74) is 2.92. The van der Waals surface area contributed by atoms with Crippen LogP contribution >= 0.6 is 0 Å². The minimum Gasteiger partial charge on any atom is -0.380 e. The number of amides is 1. The van der Waals surface area contributed by atoms with Crippen LogP contribution in [0.4, 0.5) is 5.82 Å². The van der Waals surface area contributed by atoms with Crippen LogP contribution in [0.2, 0.25) is 0 Å². The van der Waals surface area contributed by atoms with Crippen LogP contribution in [-0.4, -0.2) is 36.0 Å². The Hall–Kier alpha value is -2.40. The predicted molar refractivity (Wildman–Crippen MR) is 98.5 cm³/mol. The molecule has 1 aliphatic heterocycles. The summed E-state index contributed by atoms with van der Waals surface area (Å²) in [6, 6.07) is 11.9. The molecule has 25 heavy (non-hydrogen) atoms. The predicted octanol–water partition coefficient (Wildman–Crippen LogP) is 3.47. The summed E-state index contributed by atoms with van der Waals surface area (Å²) in [7, 11) is 1.69. The monoisotopic (exact) mass is 339 g/mol. The number of hydrogen-bond donors (Lipinski definition) is 1. The number of pyridine rings is 1. The van der Waals surface area contributed by atoms with Gasteiger partial charge < -0.3 is 15.0 Å². The number of anilines is 1. The van der Waals surface area contributed by atoms with Crippen molar-refractivity contribution in [3.05, 3.63) is 59.3 Å². The summed E-state index contributed by atoms with van der Waals surface area (Å²) in [6.45, 7) is 2.89. The van der Waals surface area contributed by atoms with E-state index in [0.717, 1.165) is 37.1 Å². The highest BCUT2D eigenvalue weighted by Gasteiger charge is 2.21. The Labute approximate surface area is 149 Å². The van der Waals surface area contributed by atoms with Gasteiger partial charge in [-0.1, -0.05) is 24.3 Å². The highest BCUT2D eigenvalue weighted by Crippen LogP contribution is 2.19. The van der Waals surface area contributed by atoms with E-state index in [2.05, 4.69) is 22.4 Å². The quantitative estimate of drug-likeness (QED) is 0.875. The molecule has 0 spiro atoms. The standard InChI is InChI=1S/C20H25N3O2/c1-25-15-17-8-5-7-16(13-17)14-22-19-18(9-6-10-21-19)20(24)23-11-3-2-4-12-23/h5-10,13H,2-4,11-12,14-15H2,1H3,(H,21,22). The smallest absolute Gasteiger partial charge is 0.257 e. The summed E-state index contributed by atoms with van der Waals surface area (Å²) in [5.74, 6) is 0.721. The normalized spacial score (nSPS) is 14.4. The van der Waals surface area contributed by atoms with E-state index in [-0.39, 0.29) is 5.91 Å². The number of carbonyl (C=O) groups is 1. The number of piperidine rings is 1. The lowest BCUT2D eigenvalue weighted by Gasteiger charge is -2.27. The Morgan fingerprint density at radius 3 is 2.76 bits per heavy atom. The van der Waals surface area contributed by atoms with Gasteiger partial charge in [0, 0.05) is 32.9 Å². The average molecular weight is 339 g/mol. The van der Waals surface area contributed by atoms with Crippen molar-refractivity contribution in [3.63, 3.8) is 0 Å². The molecule has 1 fully saturated rings. The summed E-state index contributed by atoms with van der Waals surface area (Å²) in [5, 5.41) is 3.32. The van der Waals surface area contributed by atoms with E-state index in [9.17, 15) is 4.79 Å². The van der Waals surface area contributed by atoms with Gasteiger partial charge in [-0.3, -0.25) is 4.79 Å².